The van der Waals surface area contributed by atoms with E-state index in [-0.39, 0.29) is 29.6 Å². The molecule has 0 radical (unpaired) electrons. The Morgan fingerprint density at radius 1 is 1.14 bits per heavy atom. The minimum absolute atomic E-state index is 0.0892. The predicted molar refractivity (Wildman–Crippen MR) is 79.1 cm³/mol. The second-order valence-electron chi connectivity index (χ2n) is 4.61. The summed E-state index contributed by atoms with van der Waals surface area (Å²) in [6, 6.07) is 14.6. The Bertz CT molecular complexity index is 819. The summed E-state index contributed by atoms with van der Waals surface area (Å²) >= 11 is 0. The summed E-state index contributed by atoms with van der Waals surface area (Å²) in [6.45, 7) is -0.249. The highest BCUT2D eigenvalue weighted by Gasteiger charge is 2.14. The molecule has 110 valence electrons. The summed E-state index contributed by atoms with van der Waals surface area (Å²) in [5, 5.41) is 11.5. The Labute approximate surface area is 125 Å². The van der Waals surface area contributed by atoms with Crippen LogP contribution in [0.5, 0.6) is 5.75 Å². The van der Waals surface area contributed by atoms with Gasteiger partial charge in [0, 0.05) is 11.5 Å². The van der Waals surface area contributed by atoms with E-state index < -0.39 is 4.92 Å². The number of ether oxygens (including phenoxy) is 1. The smallest absolute Gasteiger partial charge is 0.273 e. The maximum absolute atomic E-state index is 12.1. The quantitative estimate of drug-likeness (QED) is 0.408. The summed E-state index contributed by atoms with van der Waals surface area (Å²) in [5.41, 5.74) is 0.537. The molecule has 1 heterocycles. The van der Waals surface area contributed by atoms with Crippen molar-refractivity contribution < 1.29 is 18.9 Å². The number of nitro groups is 1. The van der Waals surface area contributed by atoms with Gasteiger partial charge in [-0.15, -0.1) is 0 Å². The van der Waals surface area contributed by atoms with Gasteiger partial charge in [-0.1, -0.05) is 24.3 Å². The van der Waals surface area contributed by atoms with Crippen LogP contribution >= 0.6 is 0 Å². The Hall–Kier alpha value is -3.15. The Morgan fingerprint density at radius 3 is 2.73 bits per heavy atom. The molecule has 0 aliphatic rings. The van der Waals surface area contributed by atoms with E-state index in [1.54, 1.807) is 18.2 Å². The van der Waals surface area contributed by atoms with Crippen molar-refractivity contribution in [1.29, 1.82) is 0 Å². The predicted octanol–water partition coefficient (Wildman–Crippen LogP) is 3.60. The number of fused-ring (bicyclic) bond motifs is 1. The average Bonchev–Trinajstić information content (AvgIpc) is 2.97. The molecule has 6 heteroatoms. The summed E-state index contributed by atoms with van der Waals surface area (Å²) < 4.78 is 10.7. The van der Waals surface area contributed by atoms with Crippen molar-refractivity contribution in [3.63, 3.8) is 0 Å². The van der Waals surface area contributed by atoms with Crippen LogP contribution in [0.2, 0.25) is 0 Å². The molecular formula is C16H11NO5. The number of Topliss-reactive ketones (excluding diaryl/α,β-unsaturated/α-hetero) is 1. The topological polar surface area (TPSA) is 82.6 Å². The fourth-order valence-corrected chi connectivity index (χ4v) is 2.03. The first kappa shape index (κ1) is 13.8. The van der Waals surface area contributed by atoms with Crippen molar-refractivity contribution in [2.45, 2.75) is 0 Å². The molecule has 22 heavy (non-hydrogen) atoms. The molecule has 0 atom stereocenters. The molecule has 3 rings (SSSR count). The van der Waals surface area contributed by atoms with Gasteiger partial charge < -0.3 is 9.15 Å². The van der Waals surface area contributed by atoms with Crippen molar-refractivity contribution >= 4 is 22.4 Å². The zero-order chi connectivity index (χ0) is 15.5. The first-order valence-electron chi connectivity index (χ1n) is 6.52. The van der Waals surface area contributed by atoms with E-state index in [0.717, 1.165) is 5.39 Å². The van der Waals surface area contributed by atoms with Crippen molar-refractivity contribution in [1.82, 2.24) is 0 Å². The lowest BCUT2D eigenvalue weighted by atomic mass is 10.2. The Balaban J connectivity index is 1.72. The molecular weight excluding hydrogens is 286 g/mol. The van der Waals surface area contributed by atoms with Crippen LogP contribution in [-0.2, 0) is 0 Å². The van der Waals surface area contributed by atoms with Crippen molar-refractivity contribution in [3.05, 3.63) is 70.5 Å². The molecule has 1 aromatic heterocycles. The number of benzene rings is 2. The van der Waals surface area contributed by atoms with Gasteiger partial charge in [0.25, 0.3) is 5.69 Å². The van der Waals surface area contributed by atoms with Gasteiger partial charge in [-0.25, -0.2) is 0 Å². The van der Waals surface area contributed by atoms with E-state index >= 15 is 0 Å². The minimum Gasteiger partial charge on any atom is -0.485 e. The average molecular weight is 297 g/mol. The van der Waals surface area contributed by atoms with Crippen LogP contribution in [0.1, 0.15) is 10.6 Å². The van der Waals surface area contributed by atoms with Crippen LogP contribution in [0.25, 0.3) is 11.0 Å². The second kappa shape index (κ2) is 5.69. The van der Waals surface area contributed by atoms with Crippen molar-refractivity contribution in [2.75, 3.05) is 6.61 Å². The van der Waals surface area contributed by atoms with E-state index in [2.05, 4.69) is 0 Å². The number of nitro benzene ring substituents is 1. The number of non-ortho nitro benzene ring substituents is 1. The van der Waals surface area contributed by atoms with E-state index in [1.165, 1.54) is 18.2 Å². The molecule has 2 aromatic carbocycles. The highest BCUT2D eigenvalue weighted by Crippen LogP contribution is 2.21. The minimum atomic E-state index is -0.520. The maximum atomic E-state index is 12.1. The molecule has 0 aliphatic heterocycles. The van der Waals surface area contributed by atoms with E-state index in [4.69, 9.17) is 9.15 Å². The molecule has 0 N–H and O–H groups in total. The number of hydrogen-bond acceptors (Lipinski definition) is 5. The van der Waals surface area contributed by atoms with Gasteiger partial charge in [-0.3, -0.25) is 14.9 Å². The van der Waals surface area contributed by atoms with Gasteiger partial charge >= 0.3 is 0 Å². The zero-order valence-corrected chi connectivity index (χ0v) is 11.4. The summed E-state index contributed by atoms with van der Waals surface area (Å²) in [6.07, 6.45) is 0. The molecule has 0 bridgehead atoms. The van der Waals surface area contributed by atoms with Gasteiger partial charge in [-0.05, 0) is 18.2 Å². The number of carbonyl (C=O) groups excluding carboxylic acids is 1. The lowest BCUT2D eigenvalue weighted by Gasteiger charge is -2.03. The highest BCUT2D eigenvalue weighted by atomic mass is 16.6. The van der Waals surface area contributed by atoms with Gasteiger partial charge in [0.2, 0.25) is 5.78 Å². The van der Waals surface area contributed by atoms with Crippen LogP contribution in [-0.4, -0.2) is 17.3 Å². The summed E-state index contributed by atoms with van der Waals surface area (Å²) in [5.74, 6) is 0.132. The number of hydrogen-bond donors (Lipinski definition) is 0. The fraction of sp³-hybridized carbons (Fsp3) is 0.0625. The number of furan rings is 1. The fourth-order valence-electron chi connectivity index (χ4n) is 2.03. The molecule has 0 saturated carbocycles. The molecule has 6 nitrogen and oxygen atoms in total. The van der Waals surface area contributed by atoms with E-state index in [9.17, 15) is 14.9 Å². The third kappa shape index (κ3) is 2.80. The number of nitrogens with zero attached hydrogens (tertiary/aromatic N) is 1. The lowest BCUT2D eigenvalue weighted by molar-refractivity contribution is -0.384. The van der Waals surface area contributed by atoms with Crippen molar-refractivity contribution in [3.8, 4) is 5.75 Å². The normalized spacial score (nSPS) is 10.5. The summed E-state index contributed by atoms with van der Waals surface area (Å²) in [7, 11) is 0. The first-order chi connectivity index (χ1) is 10.6. The standard InChI is InChI=1S/C16H11NO5/c18-14(16-8-11-4-1-2-7-15(11)22-16)10-21-13-6-3-5-12(9-13)17(19)20/h1-9H,10H2. The number of rotatable bonds is 5. The Morgan fingerprint density at radius 2 is 1.95 bits per heavy atom. The molecule has 3 aromatic rings. The third-order valence-electron chi connectivity index (χ3n) is 3.10. The SMILES string of the molecule is O=C(COc1cccc([N+](=O)[O-])c1)c1cc2ccccc2o1. The van der Waals surface area contributed by atoms with Gasteiger partial charge in [0.15, 0.2) is 12.4 Å². The van der Waals surface area contributed by atoms with E-state index in [1.807, 2.05) is 18.2 Å². The molecule has 0 unspecified atom stereocenters. The van der Waals surface area contributed by atoms with Crippen LogP contribution in [0.15, 0.2) is 59.0 Å². The van der Waals surface area contributed by atoms with E-state index in [0.29, 0.717) is 5.58 Å². The molecule has 0 saturated heterocycles. The molecule has 0 spiro atoms. The Kier molecular flexibility index (Phi) is 3.57. The van der Waals surface area contributed by atoms with Gasteiger partial charge in [0.05, 0.1) is 11.0 Å². The summed E-state index contributed by atoms with van der Waals surface area (Å²) in [4.78, 5) is 22.2. The van der Waals surface area contributed by atoms with Crippen LogP contribution < -0.4 is 4.74 Å². The first-order valence-corrected chi connectivity index (χ1v) is 6.52. The molecule has 0 amide bonds. The van der Waals surface area contributed by atoms with Crippen LogP contribution in [0.3, 0.4) is 0 Å². The lowest BCUT2D eigenvalue weighted by Crippen LogP contribution is -2.10. The van der Waals surface area contributed by atoms with Gasteiger partial charge in [0.1, 0.15) is 11.3 Å². The molecule has 0 aliphatic carbocycles. The second-order valence-corrected chi connectivity index (χ2v) is 4.61. The number of carbonyl (C=O) groups is 1. The highest BCUT2D eigenvalue weighted by molar-refractivity contribution is 5.98. The maximum Gasteiger partial charge on any atom is 0.273 e. The van der Waals surface area contributed by atoms with Gasteiger partial charge in [-0.2, -0.15) is 0 Å². The van der Waals surface area contributed by atoms with Crippen LogP contribution in [0.4, 0.5) is 5.69 Å². The zero-order valence-electron chi connectivity index (χ0n) is 11.4. The molecule has 0 fully saturated rings. The number of para-hydroxylation sites is 1. The van der Waals surface area contributed by atoms with Crippen LogP contribution in [0, 0.1) is 10.1 Å². The largest absolute Gasteiger partial charge is 0.485 e. The van der Waals surface area contributed by atoms with Crippen molar-refractivity contribution in [2.24, 2.45) is 0 Å². The number of ketones is 1. The monoisotopic (exact) mass is 297 g/mol. The third-order valence-corrected chi connectivity index (χ3v) is 3.10.